The molecule has 0 atom stereocenters. The summed E-state index contributed by atoms with van der Waals surface area (Å²) in [6, 6.07) is 27.7. The van der Waals surface area contributed by atoms with Crippen LogP contribution in [-0.2, 0) is 26.1 Å². The lowest BCUT2D eigenvalue weighted by Gasteiger charge is -2.22. The van der Waals surface area contributed by atoms with Crippen LogP contribution in [0.3, 0.4) is 0 Å². The molecule has 1 heterocycles. The quantitative estimate of drug-likeness (QED) is 0.225. The van der Waals surface area contributed by atoms with Crippen molar-refractivity contribution in [2.24, 2.45) is 4.99 Å². The van der Waals surface area contributed by atoms with Crippen molar-refractivity contribution < 1.29 is 27.8 Å². The standard InChI is InChI=1S/C33H33NO5/c1-35-31-17-25(18-32(36-2)33(31)37-3)16-28-27-20-30(39-22-24-12-8-5-9-13-24)29(19-26(27)14-15-34-28)38-21-23-10-6-4-7-11-23/h4-13,17-20H,14-16,21-22H2,1-3H3/i1D,2D,3D. The number of benzene rings is 4. The van der Waals surface area contributed by atoms with E-state index in [1.807, 2.05) is 66.7 Å². The lowest BCUT2D eigenvalue weighted by molar-refractivity contribution is 0.255. The van der Waals surface area contributed by atoms with Gasteiger partial charge in [-0.3, -0.25) is 4.99 Å². The molecule has 0 unspecified atom stereocenters. The van der Waals surface area contributed by atoms with Gasteiger partial charge in [0.05, 0.1) is 25.4 Å². The molecule has 200 valence electrons. The average molecular weight is 527 g/mol. The molecule has 0 bridgehead atoms. The zero-order chi connectivity index (χ0) is 29.1. The Kier molecular flexibility index (Phi) is 7.16. The second-order valence-electron chi connectivity index (χ2n) is 9.11. The fraction of sp³-hybridized carbons (Fsp3) is 0.242. The molecule has 0 saturated carbocycles. The van der Waals surface area contributed by atoms with Crippen LogP contribution in [0.15, 0.2) is 89.9 Å². The van der Waals surface area contributed by atoms with Crippen molar-refractivity contribution in [1.29, 1.82) is 0 Å². The molecule has 0 N–H and O–H groups in total. The van der Waals surface area contributed by atoms with Crippen molar-refractivity contribution in [3.8, 4) is 28.7 Å². The lowest BCUT2D eigenvalue weighted by Crippen LogP contribution is -2.16. The van der Waals surface area contributed by atoms with E-state index in [1.54, 1.807) is 12.1 Å². The van der Waals surface area contributed by atoms with E-state index < -0.39 is 0 Å². The number of nitrogens with zero attached hydrogens (tertiary/aromatic N) is 1. The number of fused-ring (bicyclic) bond motifs is 1. The van der Waals surface area contributed by atoms with Crippen molar-refractivity contribution in [2.45, 2.75) is 26.1 Å². The second-order valence-corrected chi connectivity index (χ2v) is 9.11. The average Bonchev–Trinajstić information content (AvgIpc) is 3.02. The molecule has 0 amide bonds. The topological polar surface area (TPSA) is 58.5 Å². The van der Waals surface area contributed by atoms with Crippen molar-refractivity contribution in [2.75, 3.05) is 27.8 Å². The largest absolute Gasteiger partial charge is 0.493 e. The summed E-state index contributed by atoms with van der Waals surface area (Å²) >= 11 is 0. The molecule has 4 aromatic carbocycles. The predicted molar refractivity (Wildman–Crippen MR) is 153 cm³/mol. The number of rotatable bonds is 11. The maximum atomic E-state index is 7.54. The molecule has 6 heteroatoms. The molecule has 4 aromatic rings. The maximum Gasteiger partial charge on any atom is 0.203 e. The summed E-state index contributed by atoms with van der Waals surface area (Å²) in [6.07, 6.45) is 1.23. The molecule has 5 rings (SSSR count). The van der Waals surface area contributed by atoms with Gasteiger partial charge in [-0.25, -0.2) is 0 Å². The minimum atomic E-state index is -0.345. The van der Waals surface area contributed by atoms with E-state index in [4.69, 9.17) is 32.8 Å². The Morgan fingerprint density at radius 2 is 1.26 bits per heavy atom. The monoisotopic (exact) mass is 526 g/mol. The summed E-state index contributed by atoms with van der Waals surface area (Å²) in [5.41, 5.74) is 5.92. The second kappa shape index (κ2) is 12.4. The van der Waals surface area contributed by atoms with E-state index in [1.165, 1.54) is 0 Å². The maximum absolute atomic E-state index is 7.54. The molecule has 1 aliphatic heterocycles. The van der Waals surface area contributed by atoms with E-state index in [2.05, 4.69) is 6.07 Å². The molecular weight excluding hydrogens is 490 g/mol. The third kappa shape index (κ3) is 6.17. The summed E-state index contributed by atoms with van der Waals surface area (Å²) in [6.45, 7) is 1.45. The summed E-state index contributed by atoms with van der Waals surface area (Å²) in [7, 11) is -0.992. The highest BCUT2D eigenvalue weighted by Gasteiger charge is 2.21. The number of hydrogen-bond acceptors (Lipinski definition) is 6. The van der Waals surface area contributed by atoms with Crippen molar-refractivity contribution in [3.05, 3.63) is 113 Å². The molecular formula is C33H33NO5. The van der Waals surface area contributed by atoms with E-state index >= 15 is 0 Å². The molecule has 39 heavy (non-hydrogen) atoms. The summed E-state index contributed by atoms with van der Waals surface area (Å²) in [4.78, 5) is 4.86. The first-order chi connectivity index (χ1) is 20.7. The molecule has 0 aromatic heterocycles. The SMILES string of the molecule is [2H]COc1cc(CC2=NCCc3cc(OCc4ccccc4)c(OCc4ccccc4)cc32)cc(OC[2H])c1OC[2H]. The summed E-state index contributed by atoms with van der Waals surface area (Å²) in [5.74, 6) is 2.14. The Morgan fingerprint density at radius 1 is 0.667 bits per heavy atom. The van der Waals surface area contributed by atoms with Gasteiger partial charge in [0.15, 0.2) is 23.0 Å². The van der Waals surface area contributed by atoms with Gasteiger partial charge in [0.25, 0.3) is 0 Å². The fourth-order valence-corrected chi connectivity index (χ4v) is 4.60. The molecule has 6 nitrogen and oxygen atoms in total. The minimum absolute atomic E-state index is 0.219. The van der Waals surface area contributed by atoms with Crippen LogP contribution in [0.5, 0.6) is 28.7 Å². The van der Waals surface area contributed by atoms with E-state index in [0.29, 0.717) is 49.2 Å². The van der Waals surface area contributed by atoms with Gasteiger partial charge in [0.1, 0.15) is 13.2 Å². The van der Waals surface area contributed by atoms with Crippen LogP contribution in [0.25, 0.3) is 0 Å². The van der Waals surface area contributed by atoms with Crippen LogP contribution in [0.4, 0.5) is 0 Å². The zero-order valence-electron chi connectivity index (χ0n) is 24.7. The third-order valence-corrected chi connectivity index (χ3v) is 6.55. The van der Waals surface area contributed by atoms with Crippen LogP contribution in [0, 0.1) is 0 Å². The Balaban J connectivity index is 1.46. The van der Waals surface area contributed by atoms with Crippen molar-refractivity contribution >= 4 is 5.71 Å². The van der Waals surface area contributed by atoms with Crippen LogP contribution < -0.4 is 23.7 Å². The Bertz CT molecular complexity index is 1470. The number of methoxy groups -OCH3 is 3. The Labute approximate surface area is 234 Å². The normalized spacial score (nSPS) is 13.2. The van der Waals surface area contributed by atoms with Gasteiger partial charge in [-0.05, 0) is 52.9 Å². The summed E-state index contributed by atoms with van der Waals surface area (Å²) in [5, 5.41) is 0. The minimum Gasteiger partial charge on any atom is -0.493 e. The van der Waals surface area contributed by atoms with Crippen LogP contribution in [-0.4, -0.2) is 33.5 Å². The van der Waals surface area contributed by atoms with Gasteiger partial charge < -0.3 is 23.7 Å². The first-order valence-electron chi connectivity index (χ1n) is 14.8. The third-order valence-electron chi connectivity index (χ3n) is 6.55. The highest BCUT2D eigenvalue weighted by molar-refractivity contribution is 6.04. The molecule has 0 radical (unpaired) electrons. The van der Waals surface area contributed by atoms with Crippen molar-refractivity contribution in [3.63, 3.8) is 0 Å². The first kappa shape index (κ1) is 22.5. The van der Waals surface area contributed by atoms with Gasteiger partial charge in [0, 0.05) is 24.2 Å². The fourth-order valence-electron chi connectivity index (χ4n) is 4.60. The van der Waals surface area contributed by atoms with Gasteiger partial charge in [0.2, 0.25) is 5.75 Å². The predicted octanol–water partition coefficient (Wildman–Crippen LogP) is 6.46. The first-order valence-corrected chi connectivity index (χ1v) is 12.7. The molecule has 1 aliphatic rings. The van der Waals surface area contributed by atoms with E-state index in [0.717, 1.165) is 39.9 Å². The highest BCUT2D eigenvalue weighted by atomic mass is 16.5. The molecule has 0 spiro atoms. The lowest BCUT2D eigenvalue weighted by atomic mass is 9.93. The highest BCUT2D eigenvalue weighted by Crippen LogP contribution is 2.39. The van der Waals surface area contributed by atoms with Crippen LogP contribution in [0.2, 0.25) is 0 Å². The van der Waals surface area contributed by atoms with Crippen LogP contribution >= 0.6 is 0 Å². The number of aliphatic imine (C=N–C) groups is 1. The molecule has 0 saturated heterocycles. The van der Waals surface area contributed by atoms with Gasteiger partial charge >= 0.3 is 0 Å². The molecule has 0 aliphatic carbocycles. The van der Waals surface area contributed by atoms with Gasteiger partial charge in [-0.15, -0.1) is 0 Å². The van der Waals surface area contributed by atoms with Crippen molar-refractivity contribution in [1.82, 2.24) is 0 Å². The Hall–Kier alpha value is -4.45. The zero-order valence-corrected chi connectivity index (χ0v) is 21.7. The number of ether oxygens (including phenoxy) is 5. The summed E-state index contributed by atoms with van der Waals surface area (Å²) < 4.78 is 51.6. The smallest absolute Gasteiger partial charge is 0.203 e. The molecule has 0 fully saturated rings. The van der Waals surface area contributed by atoms with E-state index in [9.17, 15) is 0 Å². The Morgan fingerprint density at radius 3 is 1.85 bits per heavy atom. The van der Waals surface area contributed by atoms with Crippen LogP contribution in [0.1, 0.15) is 31.9 Å². The van der Waals surface area contributed by atoms with E-state index in [-0.39, 0.29) is 27.0 Å². The van der Waals surface area contributed by atoms with Gasteiger partial charge in [-0.2, -0.15) is 0 Å². The number of hydrogen-bond donors (Lipinski definition) is 0. The van der Waals surface area contributed by atoms with Gasteiger partial charge in [-0.1, -0.05) is 60.7 Å².